The van der Waals surface area contributed by atoms with Crippen LogP contribution in [0.25, 0.3) is 0 Å². The number of para-hydroxylation sites is 1. The highest BCUT2D eigenvalue weighted by Gasteiger charge is 2.22. The zero-order chi connectivity index (χ0) is 13.4. The second-order valence-corrected chi connectivity index (χ2v) is 5.32. The first-order chi connectivity index (χ1) is 9.16. The Balaban J connectivity index is 2.02. The summed E-state index contributed by atoms with van der Waals surface area (Å²) in [6, 6.07) is 11.0. The maximum Gasteiger partial charge on any atom is 0.128 e. The number of ether oxygens (including phenoxy) is 1. The first-order valence-electron chi connectivity index (χ1n) is 6.04. The summed E-state index contributed by atoms with van der Waals surface area (Å²) in [6.07, 6.45) is 0.125. The second kappa shape index (κ2) is 5.04. The van der Waals surface area contributed by atoms with Gasteiger partial charge in [0.15, 0.2) is 0 Å². The van der Waals surface area contributed by atoms with Crippen LogP contribution in [0.4, 0.5) is 0 Å². The van der Waals surface area contributed by atoms with Crippen molar-refractivity contribution in [2.75, 3.05) is 6.61 Å². The van der Waals surface area contributed by atoms with E-state index in [4.69, 9.17) is 27.9 Å². The maximum atomic E-state index is 10.5. The van der Waals surface area contributed by atoms with Crippen molar-refractivity contribution in [1.29, 1.82) is 0 Å². The molecule has 2 aromatic carbocycles. The number of aliphatic hydroxyl groups excluding tert-OH is 1. The molecule has 0 bridgehead atoms. The number of fused-ring (bicyclic) bond motifs is 1. The van der Waals surface area contributed by atoms with E-state index >= 15 is 0 Å². The molecule has 0 spiro atoms. The van der Waals surface area contributed by atoms with Gasteiger partial charge in [-0.1, -0.05) is 47.5 Å². The smallest absolute Gasteiger partial charge is 0.128 e. The summed E-state index contributed by atoms with van der Waals surface area (Å²) in [5.41, 5.74) is 2.61. The van der Waals surface area contributed by atoms with Crippen LogP contribution in [0.15, 0.2) is 36.4 Å². The molecule has 2 nitrogen and oxygen atoms in total. The van der Waals surface area contributed by atoms with Gasteiger partial charge in [0.2, 0.25) is 0 Å². The quantitative estimate of drug-likeness (QED) is 0.907. The molecule has 19 heavy (non-hydrogen) atoms. The van der Waals surface area contributed by atoms with Crippen LogP contribution in [0.3, 0.4) is 0 Å². The zero-order valence-electron chi connectivity index (χ0n) is 10.1. The zero-order valence-corrected chi connectivity index (χ0v) is 11.6. The third kappa shape index (κ3) is 2.32. The van der Waals surface area contributed by atoms with Crippen molar-refractivity contribution in [2.24, 2.45) is 0 Å². The van der Waals surface area contributed by atoms with Gasteiger partial charge in [0, 0.05) is 12.0 Å². The Labute approximate surface area is 121 Å². The van der Waals surface area contributed by atoms with Gasteiger partial charge in [0.25, 0.3) is 0 Å². The summed E-state index contributed by atoms with van der Waals surface area (Å²) in [5, 5.41) is 11.4. The van der Waals surface area contributed by atoms with Crippen LogP contribution >= 0.6 is 23.2 Å². The molecule has 1 unspecified atom stereocenters. The predicted molar refractivity (Wildman–Crippen MR) is 76.2 cm³/mol. The minimum absolute atomic E-state index is 0.437. The Hall–Kier alpha value is -1.22. The molecule has 0 radical (unpaired) electrons. The molecular weight excluding hydrogens is 283 g/mol. The molecule has 1 N–H and O–H groups in total. The van der Waals surface area contributed by atoms with E-state index in [1.54, 1.807) is 18.2 Å². The molecular formula is C15H12Cl2O2. The van der Waals surface area contributed by atoms with Gasteiger partial charge >= 0.3 is 0 Å². The minimum atomic E-state index is -0.761. The molecule has 0 saturated heterocycles. The highest BCUT2D eigenvalue weighted by Crippen LogP contribution is 2.37. The van der Waals surface area contributed by atoms with Crippen molar-refractivity contribution < 1.29 is 9.84 Å². The highest BCUT2D eigenvalue weighted by atomic mass is 35.5. The van der Waals surface area contributed by atoms with Gasteiger partial charge < -0.3 is 9.84 Å². The van der Waals surface area contributed by atoms with Gasteiger partial charge in [-0.05, 0) is 23.3 Å². The number of rotatable bonds is 2. The first kappa shape index (κ1) is 12.8. The third-order valence-electron chi connectivity index (χ3n) is 3.30. The number of aliphatic hydroxyl groups is 1. The van der Waals surface area contributed by atoms with E-state index in [9.17, 15) is 5.11 Å². The van der Waals surface area contributed by atoms with Crippen molar-refractivity contribution in [3.8, 4) is 5.75 Å². The number of halogens is 2. The molecule has 1 aliphatic rings. The lowest BCUT2D eigenvalue weighted by Crippen LogP contribution is -2.02. The predicted octanol–water partition coefficient (Wildman–Crippen LogP) is 4.01. The van der Waals surface area contributed by atoms with Crippen molar-refractivity contribution in [3.05, 3.63) is 63.1 Å². The summed E-state index contributed by atoms with van der Waals surface area (Å²) in [4.78, 5) is 0. The Morgan fingerprint density at radius 1 is 1.11 bits per heavy atom. The second-order valence-electron chi connectivity index (χ2n) is 4.51. The summed E-state index contributed by atoms with van der Waals surface area (Å²) in [7, 11) is 0. The topological polar surface area (TPSA) is 29.5 Å². The van der Waals surface area contributed by atoms with Crippen LogP contribution in [0, 0.1) is 0 Å². The maximum absolute atomic E-state index is 10.5. The van der Waals surface area contributed by atoms with Crippen molar-refractivity contribution in [1.82, 2.24) is 0 Å². The molecule has 3 rings (SSSR count). The number of benzene rings is 2. The molecule has 1 atom stereocenters. The minimum Gasteiger partial charge on any atom is -0.493 e. The molecule has 98 valence electrons. The molecule has 0 aliphatic carbocycles. The molecule has 0 amide bonds. The first-order valence-corrected chi connectivity index (χ1v) is 6.80. The average molecular weight is 295 g/mol. The summed E-state index contributed by atoms with van der Waals surface area (Å²) in [6.45, 7) is 0.667. The van der Waals surface area contributed by atoms with Gasteiger partial charge in [-0.15, -0.1) is 0 Å². The van der Waals surface area contributed by atoms with E-state index in [0.717, 1.165) is 23.3 Å². The lowest BCUT2D eigenvalue weighted by atomic mass is 9.98. The lowest BCUT2D eigenvalue weighted by Gasteiger charge is -2.15. The van der Waals surface area contributed by atoms with Gasteiger partial charge in [0.1, 0.15) is 11.9 Å². The lowest BCUT2D eigenvalue weighted by molar-refractivity contribution is 0.213. The fraction of sp³-hybridized carbons (Fsp3) is 0.200. The van der Waals surface area contributed by atoms with E-state index in [-0.39, 0.29) is 0 Å². The van der Waals surface area contributed by atoms with E-state index in [0.29, 0.717) is 22.2 Å². The largest absolute Gasteiger partial charge is 0.493 e. The molecule has 1 heterocycles. The number of hydrogen-bond donors (Lipinski definition) is 1. The monoisotopic (exact) mass is 294 g/mol. The third-order valence-corrected chi connectivity index (χ3v) is 4.04. The molecule has 0 fully saturated rings. The fourth-order valence-electron chi connectivity index (χ4n) is 2.32. The molecule has 2 aromatic rings. The summed E-state index contributed by atoms with van der Waals surface area (Å²) < 4.78 is 5.61. The Morgan fingerprint density at radius 3 is 2.74 bits per heavy atom. The molecule has 1 aliphatic heterocycles. The van der Waals surface area contributed by atoms with Gasteiger partial charge in [0.05, 0.1) is 16.7 Å². The summed E-state index contributed by atoms with van der Waals surface area (Å²) >= 11 is 11.9. The van der Waals surface area contributed by atoms with E-state index < -0.39 is 6.10 Å². The van der Waals surface area contributed by atoms with Crippen molar-refractivity contribution in [2.45, 2.75) is 12.5 Å². The van der Waals surface area contributed by atoms with E-state index in [2.05, 4.69) is 0 Å². The van der Waals surface area contributed by atoms with Crippen molar-refractivity contribution >= 4 is 23.2 Å². The van der Waals surface area contributed by atoms with Gasteiger partial charge in [-0.25, -0.2) is 0 Å². The molecule has 4 heteroatoms. The van der Waals surface area contributed by atoms with Gasteiger partial charge in [-0.3, -0.25) is 0 Å². The van der Waals surface area contributed by atoms with E-state index in [1.807, 2.05) is 18.2 Å². The van der Waals surface area contributed by atoms with Crippen molar-refractivity contribution in [3.63, 3.8) is 0 Å². The van der Waals surface area contributed by atoms with Crippen LogP contribution in [0.2, 0.25) is 10.0 Å². The number of hydrogen-bond acceptors (Lipinski definition) is 2. The molecule has 0 aromatic heterocycles. The Morgan fingerprint density at radius 2 is 1.95 bits per heavy atom. The molecule has 0 saturated carbocycles. The van der Waals surface area contributed by atoms with Crippen LogP contribution in [0.5, 0.6) is 5.75 Å². The normalized spacial score (nSPS) is 14.9. The standard InChI is InChI=1S/C15H12Cl2O2/c16-12-5-4-10(8-13(12)17)14(18)11-3-1-2-9-6-7-19-15(9)11/h1-5,8,14,18H,6-7H2. The average Bonchev–Trinajstić information content (AvgIpc) is 2.89. The van der Waals surface area contributed by atoms with Gasteiger partial charge in [-0.2, -0.15) is 0 Å². The van der Waals surface area contributed by atoms with Crippen LogP contribution in [-0.4, -0.2) is 11.7 Å². The van der Waals surface area contributed by atoms with Crippen LogP contribution in [0.1, 0.15) is 22.8 Å². The summed E-state index contributed by atoms with van der Waals surface area (Å²) in [5.74, 6) is 0.793. The Bertz CT molecular complexity index is 626. The fourth-order valence-corrected chi connectivity index (χ4v) is 2.62. The Kier molecular flexibility index (Phi) is 3.40. The highest BCUT2D eigenvalue weighted by molar-refractivity contribution is 6.42. The van der Waals surface area contributed by atoms with Crippen LogP contribution < -0.4 is 4.74 Å². The van der Waals surface area contributed by atoms with E-state index in [1.165, 1.54) is 0 Å². The SMILES string of the molecule is OC(c1ccc(Cl)c(Cl)c1)c1cccc2c1OCC2. The van der Waals surface area contributed by atoms with Crippen LogP contribution in [-0.2, 0) is 6.42 Å².